The van der Waals surface area contributed by atoms with E-state index >= 15 is 0 Å². The second-order valence-electron chi connectivity index (χ2n) is 14.9. The number of hydrogen-bond acceptors (Lipinski definition) is 11. The first-order chi connectivity index (χ1) is 26.3. The third kappa shape index (κ3) is 9.23. The number of imide groups is 1. The van der Waals surface area contributed by atoms with Crippen molar-refractivity contribution < 1.29 is 24.3 Å². The van der Waals surface area contributed by atoms with Crippen molar-refractivity contribution >= 4 is 35.1 Å². The number of anilines is 2. The third-order valence-electron chi connectivity index (χ3n) is 11.1. The number of fused-ring (bicyclic) bond motifs is 2. The molecular weight excluding hydrogens is 686 g/mol. The summed E-state index contributed by atoms with van der Waals surface area (Å²) in [4.78, 5) is 64.8. The fraction of sp³-hybridized carbons (Fsp3) is 0.500. The number of nitrogens with one attached hydrogen (secondary N) is 4. The van der Waals surface area contributed by atoms with Crippen LogP contribution in [-0.4, -0.2) is 117 Å². The van der Waals surface area contributed by atoms with Crippen molar-refractivity contribution in [2.24, 2.45) is 0 Å². The number of aliphatic hydroxyl groups excluding tert-OH is 1. The van der Waals surface area contributed by atoms with Crippen LogP contribution in [0.2, 0.25) is 0 Å². The molecule has 0 bridgehead atoms. The van der Waals surface area contributed by atoms with Crippen molar-refractivity contribution in [1.82, 2.24) is 35.3 Å². The topological polar surface area (TPSA) is 172 Å². The molecule has 0 saturated carbocycles. The van der Waals surface area contributed by atoms with Crippen LogP contribution in [0.1, 0.15) is 82.5 Å². The molecule has 5 heterocycles. The van der Waals surface area contributed by atoms with Gasteiger partial charge in [0.2, 0.25) is 11.8 Å². The molecule has 5 N–H and O–H groups in total. The Balaban J connectivity index is 0.769. The lowest BCUT2D eigenvalue weighted by Gasteiger charge is -2.32. The fourth-order valence-electron chi connectivity index (χ4n) is 8.06. The predicted molar refractivity (Wildman–Crippen MR) is 204 cm³/mol. The summed E-state index contributed by atoms with van der Waals surface area (Å²) in [6, 6.07) is 15.4. The SMILES string of the molecule is O=C1CCC(N2Cc3c(NCCCCCN4CCC(Nc5cc(C(=O)NC[C@H](O)CN6CCc7ccccc7C6)ncn5)CC4)cccc3C2=O)C(=O)N1. The summed E-state index contributed by atoms with van der Waals surface area (Å²) in [5, 5.41) is 22.8. The smallest absolute Gasteiger partial charge is 0.270 e. The maximum absolute atomic E-state index is 13.1. The standard InChI is InChI=1S/C40H51N9O5/c50-30(24-48-18-13-27-7-2-3-8-28(27)23-48)22-42-38(52)34-21-36(44-26-43-34)45-29-14-19-47(20-15-29)17-5-1-4-16-41-33-10-6-9-31-32(33)25-49(40(31)54)35-11-12-37(51)46-39(35)53/h2-3,6-10,21,26,29-30,35,41,50H,1,4-5,11-20,22-25H2,(H,42,52)(H,43,44,45)(H,46,51,53)/t30-,35?/m0/s1. The summed E-state index contributed by atoms with van der Waals surface area (Å²) in [6.45, 7) is 6.52. The van der Waals surface area contributed by atoms with E-state index in [1.165, 1.54) is 17.5 Å². The van der Waals surface area contributed by atoms with E-state index in [4.69, 9.17) is 0 Å². The third-order valence-corrected chi connectivity index (χ3v) is 11.1. The number of hydrogen-bond donors (Lipinski definition) is 5. The van der Waals surface area contributed by atoms with Crippen LogP contribution in [-0.2, 0) is 29.1 Å². The molecule has 4 aliphatic heterocycles. The molecule has 1 unspecified atom stereocenters. The van der Waals surface area contributed by atoms with Crippen LogP contribution in [0.25, 0.3) is 0 Å². The Morgan fingerprint density at radius 3 is 2.57 bits per heavy atom. The number of β-amino-alcohol motifs (C(OH)–C–C–N with tert-alkyl or cyclic N) is 1. The Labute approximate surface area is 316 Å². The van der Waals surface area contributed by atoms with Gasteiger partial charge in [0.25, 0.3) is 11.8 Å². The van der Waals surface area contributed by atoms with Crippen molar-refractivity contribution in [2.45, 2.75) is 82.6 Å². The Kier molecular flexibility index (Phi) is 12.1. The van der Waals surface area contributed by atoms with Crippen LogP contribution in [0.3, 0.4) is 0 Å². The van der Waals surface area contributed by atoms with Gasteiger partial charge in [-0.2, -0.15) is 0 Å². The Bertz CT molecular complexity index is 1830. The summed E-state index contributed by atoms with van der Waals surface area (Å²) in [5.74, 6) is -0.536. The molecule has 3 aromatic rings. The van der Waals surface area contributed by atoms with Crippen LogP contribution in [0, 0.1) is 0 Å². The molecule has 0 aliphatic carbocycles. The van der Waals surface area contributed by atoms with Gasteiger partial charge in [-0.25, -0.2) is 9.97 Å². The minimum Gasteiger partial charge on any atom is -0.390 e. The highest BCUT2D eigenvalue weighted by molar-refractivity contribution is 6.06. The van der Waals surface area contributed by atoms with Crippen molar-refractivity contribution in [1.29, 1.82) is 0 Å². The zero-order chi connectivity index (χ0) is 37.4. The number of carbonyl (C=O) groups excluding carboxylic acids is 4. The van der Waals surface area contributed by atoms with E-state index in [1.807, 2.05) is 24.3 Å². The maximum atomic E-state index is 13.1. The molecule has 1 aromatic heterocycles. The predicted octanol–water partition coefficient (Wildman–Crippen LogP) is 2.55. The Morgan fingerprint density at radius 1 is 0.907 bits per heavy atom. The quantitative estimate of drug-likeness (QED) is 0.115. The normalized spacial score (nSPS) is 19.9. The Morgan fingerprint density at radius 2 is 1.74 bits per heavy atom. The molecule has 0 radical (unpaired) electrons. The number of rotatable bonds is 15. The van der Waals surface area contributed by atoms with Crippen molar-refractivity contribution in [3.63, 3.8) is 0 Å². The first kappa shape index (κ1) is 37.4. The summed E-state index contributed by atoms with van der Waals surface area (Å²) >= 11 is 0. The van der Waals surface area contributed by atoms with Crippen LogP contribution >= 0.6 is 0 Å². The van der Waals surface area contributed by atoms with E-state index in [1.54, 1.807) is 11.0 Å². The molecule has 2 aromatic carbocycles. The van der Waals surface area contributed by atoms with Gasteiger partial charge in [-0.05, 0) is 68.3 Å². The van der Waals surface area contributed by atoms with E-state index in [2.05, 4.69) is 59.2 Å². The molecule has 2 saturated heterocycles. The number of benzene rings is 2. The van der Waals surface area contributed by atoms with Crippen molar-refractivity contribution in [3.8, 4) is 0 Å². The maximum Gasteiger partial charge on any atom is 0.270 e. The number of aromatic nitrogens is 2. The van der Waals surface area contributed by atoms with Gasteiger partial charge in [-0.1, -0.05) is 36.8 Å². The average Bonchev–Trinajstić information content (AvgIpc) is 3.52. The molecule has 54 heavy (non-hydrogen) atoms. The van der Waals surface area contributed by atoms with Gasteiger partial charge in [-0.3, -0.25) is 29.4 Å². The monoisotopic (exact) mass is 737 g/mol. The lowest BCUT2D eigenvalue weighted by molar-refractivity contribution is -0.136. The number of unbranched alkanes of at least 4 members (excludes halogenated alkanes) is 2. The van der Waals surface area contributed by atoms with Crippen LogP contribution < -0.4 is 21.3 Å². The molecule has 286 valence electrons. The molecule has 4 aliphatic rings. The molecule has 2 fully saturated rings. The van der Waals surface area contributed by atoms with E-state index in [-0.39, 0.29) is 42.4 Å². The molecule has 7 rings (SSSR count). The van der Waals surface area contributed by atoms with E-state index < -0.39 is 18.1 Å². The van der Waals surface area contributed by atoms with Crippen molar-refractivity contribution in [2.75, 3.05) is 56.4 Å². The van der Waals surface area contributed by atoms with Gasteiger partial charge in [0.1, 0.15) is 23.9 Å². The van der Waals surface area contributed by atoms with Gasteiger partial charge < -0.3 is 30.9 Å². The van der Waals surface area contributed by atoms with Crippen LogP contribution in [0.15, 0.2) is 54.9 Å². The summed E-state index contributed by atoms with van der Waals surface area (Å²) < 4.78 is 0. The van der Waals surface area contributed by atoms with Gasteiger partial charge in [0.05, 0.1) is 6.10 Å². The number of amides is 4. The number of carbonyl (C=O) groups is 4. The average molecular weight is 738 g/mol. The molecule has 2 atom stereocenters. The number of piperidine rings is 2. The first-order valence-electron chi connectivity index (χ1n) is 19.4. The van der Waals surface area contributed by atoms with Gasteiger partial charge in [0.15, 0.2) is 0 Å². The van der Waals surface area contributed by atoms with E-state index in [0.717, 1.165) is 89.0 Å². The molecule has 0 spiro atoms. The summed E-state index contributed by atoms with van der Waals surface area (Å²) in [7, 11) is 0. The molecular formula is C40H51N9O5. The highest BCUT2D eigenvalue weighted by atomic mass is 16.3. The van der Waals surface area contributed by atoms with Gasteiger partial charge in [0, 0.05) is 87.7 Å². The van der Waals surface area contributed by atoms with Crippen molar-refractivity contribution in [3.05, 3.63) is 82.8 Å². The zero-order valence-electron chi connectivity index (χ0n) is 30.8. The van der Waals surface area contributed by atoms with E-state index in [0.29, 0.717) is 30.9 Å². The second-order valence-corrected chi connectivity index (χ2v) is 14.9. The highest BCUT2D eigenvalue weighted by Crippen LogP contribution is 2.32. The zero-order valence-corrected chi connectivity index (χ0v) is 30.8. The van der Waals surface area contributed by atoms with Crippen LogP contribution in [0.4, 0.5) is 11.5 Å². The summed E-state index contributed by atoms with van der Waals surface area (Å²) in [5.41, 5.74) is 5.40. The Hall–Kier alpha value is -4.92. The van der Waals surface area contributed by atoms with Gasteiger partial charge in [-0.15, -0.1) is 0 Å². The highest BCUT2D eigenvalue weighted by Gasteiger charge is 2.39. The molecule has 4 amide bonds. The fourth-order valence-corrected chi connectivity index (χ4v) is 8.06. The number of likely N-dealkylation sites (tertiary alicyclic amines) is 1. The van der Waals surface area contributed by atoms with Crippen LogP contribution in [0.5, 0.6) is 0 Å². The largest absolute Gasteiger partial charge is 0.390 e. The molecule has 14 heteroatoms. The van der Waals surface area contributed by atoms with Gasteiger partial charge >= 0.3 is 0 Å². The molecule has 14 nitrogen and oxygen atoms in total. The number of aliphatic hydroxyl groups is 1. The lowest BCUT2D eigenvalue weighted by Crippen LogP contribution is -2.52. The minimum atomic E-state index is -0.676. The first-order valence-corrected chi connectivity index (χ1v) is 19.4. The minimum absolute atomic E-state index is 0.155. The number of nitrogens with zero attached hydrogens (tertiary/aromatic N) is 5. The lowest BCUT2D eigenvalue weighted by atomic mass is 10.00. The van der Waals surface area contributed by atoms with E-state index in [9.17, 15) is 24.3 Å². The summed E-state index contributed by atoms with van der Waals surface area (Å²) in [6.07, 6.45) is 7.43. The second kappa shape index (κ2) is 17.5.